The molecule has 116 valence electrons. The molecule has 0 bridgehead atoms. The molecular formula is C14H18Cl2N2O2S. The molecule has 0 aliphatic carbocycles. The van der Waals surface area contributed by atoms with E-state index in [9.17, 15) is 4.79 Å². The van der Waals surface area contributed by atoms with Crippen LogP contribution in [0.4, 0.5) is 0 Å². The molecule has 1 amide bonds. The Labute approximate surface area is 140 Å². The molecule has 2 N–H and O–H groups in total. The molecule has 0 aliphatic rings. The molecule has 0 heterocycles. The van der Waals surface area contributed by atoms with Crippen LogP contribution in [0.15, 0.2) is 18.2 Å². The molecule has 0 atom stereocenters. The number of halogens is 2. The van der Waals surface area contributed by atoms with E-state index in [1.165, 1.54) is 0 Å². The second-order valence-electron chi connectivity index (χ2n) is 4.52. The Morgan fingerprint density at radius 1 is 1.33 bits per heavy atom. The van der Waals surface area contributed by atoms with E-state index in [2.05, 4.69) is 0 Å². The second kappa shape index (κ2) is 9.20. The van der Waals surface area contributed by atoms with Crippen molar-refractivity contribution in [3.8, 4) is 0 Å². The highest BCUT2D eigenvalue weighted by atomic mass is 35.5. The number of carbonyl (C=O) groups is 1. The minimum atomic E-state index is -0.0262. The van der Waals surface area contributed by atoms with Gasteiger partial charge in [-0.15, -0.1) is 0 Å². The summed E-state index contributed by atoms with van der Waals surface area (Å²) < 4.78 is 5.02. The van der Waals surface area contributed by atoms with Crippen molar-refractivity contribution < 1.29 is 9.53 Å². The lowest BCUT2D eigenvalue weighted by Crippen LogP contribution is -2.37. The third kappa shape index (κ3) is 6.61. The molecule has 0 saturated carbocycles. The fourth-order valence-electron chi connectivity index (χ4n) is 1.74. The van der Waals surface area contributed by atoms with Crippen LogP contribution in [0.5, 0.6) is 0 Å². The Balaban J connectivity index is 2.69. The summed E-state index contributed by atoms with van der Waals surface area (Å²) in [6, 6.07) is 5.17. The maximum Gasteiger partial charge on any atom is 0.227 e. The van der Waals surface area contributed by atoms with Crippen molar-refractivity contribution in [1.82, 2.24) is 4.90 Å². The first-order valence-electron chi connectivity index (χ1n) is 6.43. The van der Waals surface area contributed by atoms with Gasteiger partial charge in [-0.05, 0) is 17.7 Å². The van der Waals surface area contributed by atoms with Crippen LogP contribution in [-0.4, -0.2) is 42.6 Å². The number of hydrogen-bond acceptors (Lipinski definition) is 3. The summed E-state index contributed by atoms with van der Waals surface area (Å²) in [5.74, 6) is -0.0262. The van der Waals surface area contributed by atoms with Crippen LogP contribution in [0.1, 0.15) is 12.0 Å². The van der Waals surface area contributed by atoms with Crippen molar-refractivity contribution in [2.24, 2.45) is 5.73 Å². The molecule has 0 aliphatic heterocycles. The number of nitrogens with two attached hydrogens (primary N) is 1. The van der Waals surface area contributed by atoms with Crippen LogP contribution in [0.2, 0.25) is 10.0 Å². The Morgan fingerprint density at radius 2 is 2.05 bits per heavy atom. The van der Waals surface area contributed by atoms with E-state index in [0.29, 0.717) is 41.2 Å². The van der Waals surface area contributed by atoms with Gasteiger partial charge in [-0.1, -0.05) is 41.5 Å². The first-order chi connectivity index (χ1) is 9.93. The molecule has 0 radical (unpaired) electrons. The molecule has 7 heteroatoms. The number of hydrogen-bond donors (Lipinski definition) is 1. The summed E-state index contributed by atoms with van der Waals surface area (Å²) >= 11 is 16.7. The van der Waals surface area contributed by atoms with Gasteiger partial charge in [-0.2, -0.15) is 0 Å². The predicted molar refractivity (Wildman–Crippen MR) is 90.0 cm³/mol. The molecule has 0 saturated heterocycles. The maximum atomic E-state index is 12.3. The lowest BCUT2D eigenvalue weighted by Gasteiger charge is -2.22. The second-order valence-corrected chi connectivity index (χ2v) is 5.85. The van der Waals surface area contributed by atoms with Crippen LogP contribution in [0, 0.1) is 0 Å². The largest absolute Gasteiger partial charge is 0.393 e. The number of nitrogens with zero attached hydrogens (tertiary/aromatic N) is 1. The van der Waals surface area contributed by atoms with E-state index in [4.69, 9.17) is 45.9 Å². The highest BCUT2D eigenvalue weighted by Gasteiger charge is 2.14. The zero-order chi connectivity index (χ0) is 15.8. The predicted octanol–water partition coefficient (Wildman–Crippen LogP) is 2.69. The van der Waals surface area contributed by atoms with Crippen molar-refractivity contribution >= 4 is 46.3 Å². The topological polar surface area (TPSA) is 55.6 Å². The lowest BCUT2D eigenvalue weighted by molar-refractivity contribution is -0.131. The highest BCUT2D eigenvalue weighted by molar-refractivity contribution is 7.80. The van der Waals surface area contributed by atoms with Gasteiger partial charge in [0, 0.05) is 26.6 Å². The van der Waals surface area contributed by atoms with Crippen LogP contribution in [0.25, 0.3) is 0 Å². The molecule has 0 spiro atoms. The standard InChI is InChI=1S/C14H18Cl2N2O2S/c1-20-7-6-18(5-4-13(17)21)14(19)9-10-2-3-11(15)12(16)8-10/h2-3,8H,4-7,9H2,1H3,(H2,17,21). The van der Waals surface area contributed by atoms with Crippen LogP contribution in [0.3, 0.4) is 0 Å². The summed E-state index contributed by atoms with van der Waals surface area (Å²) in [7, 11) is 1.59. The summed E-state index contributed by atoms with van der Waals surface area (Å²) in [6.45, 7) is 1.45. The van der Waals surface area contributed by atoms with Crippen LogP contribution >= 0.6 is 35.4 Å². The van der Waals surface area contributed by atoms with Crippen molar-refractivity contribution in [3.05, 3.63) is 33.8 Å². The van der Waals surface area contributed by atoms with Gasteiger partial charge in [0.25, 0.3) is 0 Å². The van der Waals surface area contributed by atoms with Gasteiger partial charge < -0.3 is 15.4 Å². The summed E-state index contributed by atoms with van der Waals surface area (Å²) in [5, 5.41) is 0.908. The van der Waals surface area contributed by atoms with Crippen molar-refractivity contribution in [2.75, 3.05) is 26.8 Å². The zero-order valence-electron chi connectivity index (χ0n) is 11.8. The average Bonchev–Trinajstić information content (AvgIpc) is 2.42. The zero-order valence-corrected chi connectivity index (χ0v) is 14.1. The normalized spacial score (nSPS) is 10.4. The van der Waals surface area contributed by atoms with Crippen molar-refractivity contribution in [2.45, 2.75) is 12.8 Å². The number of carbonyl (C=O) groups excluding carboxylic acids is 1. The highest BCUT2D eigenvalue weighted by Crippen LogP contribution is 2.23. The monoisotopic (exact) mass is 348 g/mol. The maximum absolute atomic E-state index is 12.3. The third-order valence-corrected chi connectivity index (χ3v) is 3.83. The number of thiocarbonyl (C=S) groups is 1. The van der Waals surface area contributed by atoms with E-state index in [0.717, 1.165) is 5.56 Å². The Kier molecular flexibility index (Phi) is 7.96. The van der Waals surface area contributed by atoms with Crippen LogP contribution < -0.4 is 5.73 Å². The van der Waals surface area contributed by atoms with Crippen molar-refractivity contribution in [3.63, 3.8) is 0 Å². The summed E-state index contributed by atoms with van der Waals surface area (Å²) in [4.78, 5) is 14.4. The minimum absolute atomic E-state index is 0.0262. The molecule has 0 unspecified atom stereocenters. The molecule has 4 nitrogen and oxygen atoms in total. The molecule has 0 aromatic heterocycles. The lowest BCUT2D eigenvalue weighted by atomic mass is 10.1. The average molecular weight is 349 g/mol. The number of rotatable bonds is 8. The van der Waals surface area contributed by atoms with Gasteiger partial charge in [0.1, 0.15) is 0 Å². The van der Waals surface area contributed by atoms with E-state index < -0.39 is 0 Å². The fraction of sp³-hybridized carbons (Fsp3) is 0.429. The minimum Gasteiger partial charge on any atom is -0.393 e. The molecule has 1 aromatic rings. The van der Waals surface area contributed by atoms with E-state index in [1.807, 2.05) is 0 Å². The van der Waals surface area contributed by atoms with Gasteiger partial charge >= 0.3 is 0 Å². The Bertz CT molecular complexity index is 512. The van der Waals surface area contributed by atoms with Gasteiger partial charge in [0.15, 0.2) is 0 Å². The SMILES string of the molecule is COCCN(CCC(N)=S)C(=O)Cc1ccc(Cl)c(Cl)c1. The Hall–Kier alpha value is -0.880. The van der Waals surface area contributed by atoms with Crippen molar-refractivity contribution in [1.29, 1.82) is 0 Å². The van der Waals surface area contributed by atoms with Gasteiger partial charge in [0.05, 0.1) is 28.1 Å². The fourth-order valence-corrected chi connectivity index (χ4v) is 2.16. The Morgan fingerprint density at radius 3 is 2.62 bits per heavy atom. The van der Waals surface area contributed by atoms with E-state index in [1.54, 1.807) is 30.2 Å². The molecule has 21 heavy (non-hydrogen) atoms. The van der Waals surface area contributed by atoms with E-state index in [-0.39, 0.29) is 12.3 Å². The molecule has 0 fully saturated rings. The van der Waals surface area contributed by atoms with E-state index >= 15 is 0 Å². The smallest absolute Gasteiger partial charge is 0.227 e. The van der Waals surface area contributed by atoms with Gasteiger partial charge in [-0.3, -0.25) is 4.79 Å². The van der Waals surface area contributed by atoms with Gasteiger partial charge in [0.2, 0.25) is 5.91 Å². The summed E-state index contributed by atoms with van der Waals surface area (Å²) in [6.07, 6.45) is 0.740. The summed E-state index contributed by atoms with van der Waals surface area (Å²) in [5.41, 5.74) is 6.30. The number of methoxy groups -OCH3 is 1. The first kappa shape index (κ1) is 18.2. The number of ether oxygens (including phenoxy) is 1. The molecular weight excluding hydrogens is 331 g/mol. The number of amides is 1. The third-order valence-electron chi connectivity index (χ3n) is 2.89. The quantitative estimate of drug-likeness (QED) is 0.733. The van der Waals surface area contributed by atoms with Crippen LogP contribution in [-0.2, 0) is 16.0 Å². The molecule has 1 rings (SSSR count). The first-order valence-corrected chi connectivity index (χ1v) is 7.59. The van der Waals surface area contributed by atoms with Gasteiger partial charge in [-0.25, -0.2) is 0 Å². The number of benzene rings is 1. The molecule has 1 aromatic carbocycles.